The number of rotatable bonds is 7. The van der Waals surface area contributed by atoms with E-state index in [-0.39, 0.29) is 35.8 Å². The molecule has 2 atom stereocenters. The van der Waals surface area contributed by atoms with Crippen molar-refractivity contribution < 1.29 is 14.3 Å². The first-order chi connectivity index (χ1) is 13.0. The van der Waals surface area contributed by atoms with Gasteiger partial charge in [-0.3, -0.25) is 9.59 Å². The third-order valence-electron chi connectivity index (χ3n) is 5.97. The average Bonchev–Trinajstić information content (AvgIpc) is 3.37. The van der Waals surface area contributed by atoms with E-state index in [0.29, 0.717) is 5.75 Å². The molecule has 1 aromatic carbocycles. The SMILES string of the molecule is CCC(NC(=O)C1CC12CCNCC2)c1ccccc1OCC(=O)N(C)C. The maximum atomic E-state index is 12.9. The molecule has 1 saturated carbocycles. The van der Waals surface area contributed by atoms with Gasteiger partial charge in [0.25, 0.3) is 5.91 Å². The van der Waals surface area contributed by atoms with Gasteiger partial charge in [0.15, 0.2) is 6.61 Å². The van der Waals surface area contributed by atoms with Crippen molar-refractivity contribution in [2.24, 2.45) is 11.3 Å². The van der Waals surface area contributed by atoms with E-state index in [1.807, 2.05) is 24.3 Å². The van der Waals surface area contributed by atoms with Crippen LogP contribution in [0.15, 0.2) is 24.3 Å². The summed E-state index contributed by atoms with van der Waals surface area (Å²) in [4.78, 5) is 26.2. The summed E-state index contributed by atoms with van der Waals surface area (Å²) in [6, 6.07) is 7.55. The normalized spacial score (nSPS) is 21.4. The number of nitrogens with zero attached hydrogens (tertiary/aromatic N) is 1. The second-order valence-corrected chi connectivity index (χ2v) is 7.95. The maximum absolute atomic E-state index is 12.9. The lowest BCUT2D eigenvalue weighted by Gasteiger charge is -2.25. The number of hydrogen-bond donors (Lipinski definition) is 2. The highest BCUT2D eigenvalue weighted by molar-refractivity contribution is 5.83. The second-order valence-electron chi connectivity index (χ2n) is 7.95. The molecule has 6 heteroatoms. The summed E-state index contributed by atoms with van der Waals surface area (Å²) in [6.07, 6.45) is 3.96. The van der Waals surface area contributed by atoms with Crippen LogP contribution in [-0.2, 0) is 9.59 Å². The summed E-state index contributed by atoms with van der Waals surface area (Å²) in [6.45, 7) is 4.07. The Labute approximate surface area is 161 Å². The van der Waals surface area contributed by atoms with Crippen molar-refractivity contribution in [1.29, 1.82) is 0 Å². The Morgan fingerprint density at radius 2 is 2.00 bits per heavy atom. The van der Waals surface area contributed by atoms with Crippen LogP contribution in [0.3, 0.4) is 0 Å². The lowest BCUT2D eigenvalue weighted by atomic mass is 9.91. The van der Waals surface area contributed by atoms with E-state index < -0.39 is 0 Å². The molecule has 2 fully saturated rings. The van der Waals surface area contributed by atoms with Crippen LogP contribution in [0.1, 0.15) is 44.2 Å². The van der Waals surface area contributed by atoms with Gasteiger partial charge in [0, 0.05) is 25.6 Å². The van der Waals surface area contributed by atoms with Crippen molar-refractivity contribution in [1.82, 2.24) is 15.5 Å². The van der Waals surface area contributed by atoms with E-state index in [1.54, 1.807) is 14.1 Å². The third kappa shape index (κ3) is 4.43. The lowest BCUT2D eigenvalue weighted by Crippen LogP contribution is -2.35. The molecule has 2 amide bonds. The Kier molecular flexibility index (Phi) is 6.05. The molecule has 1 aliphatic heterocycles. The van der Waals surface area contributed by atoms with Crippen molar-refractivity contribution in [2.45, 2.75) is 38.6 Å². The quantitative estimate of drug-likeness (QED) is 0.768. The zero-order valence-corrected chi connectivity index (χ0v) is 16.6. The fraction of sp³-hybridized carbons (Fsp3) is 0.619. The number of amides is 2. The number of carbonyl (C=O) groups is 2. The standard InChI is InChI=1S/C21H31N3O3/c1-4-17(23-20(26)16-13-21(16)9-11-22-12-10-21)15-7-5-6-8-18(15)27-14-19(25)24(2)3/h5-8,16-17,22H,4,9-14H2,1-3H3,(H,23,26). The minimum atomic E-state index is -0.109. The van der Waals surface area contributed by atoms with Crippen molar-refractivity contribution in [2.75, 3.05) is 33.8 Å². The molecule has 2 N–H and O–H groups in total. The average molecular weight is 373 g/mol. The van der Waals surface area contributed by atoms with Gasteiger partial charge in [-0.2, -0.15) is 0 Å². The van der Waals surface area contributed by atoms with Gasteiger partial charge in [-0.15, -0.1) is 0 Å². The number of nitrogens with one attached hydrogen (secondary N) is 2. The molecule has 148 valence electrons. The summed E-state index contributed by atoms with van der Waals surface area (Å²) in [5.74, 6) is 0.861. The topological polar surface area (TPSA) is 70.7 Å². The Balaban J connectivity index is 1.65. The number of carbonyl (C=O) groups excluding carboxylic acids is 2. The van der Waals surface area contributed by atoms with Gasteiger partial charge in [0.1, 0.15) is 5.75 Å². The van der Waals surface area contributed by atoms with Crippen LogP contribution in [0.5, 0.6) is 5.75 Å². The summed E-state index contributed by atoms with van der Waals surface area (Å²) in [5, 5.41) is 6.61. The Hall–Kier alpha value is -2.08. The van der Waals surface area contributed by atoms with E-state index in [9.17, 15) is 9.59 Å². The number of piperidine rings is 1. The van der Waals surface area contributed by atoms with E-state index in [0.717, 1.165) is 44.3 Å². The molecule has 0 radical (unpaired) electrons. The monoisotopic (exact) mass is 373 g/mol. The van der Waals surface area contributed by atoms with E-state index >= 15 is 0 Å². The zero-order valence-electron chi connectivity index (χ0n) is 16.6. The van der Waals surface area contributed by atoms with Crippen LogP contribution in [0.4, 0.5) is 0 Å². The number of para-hydroxylation sites is 1. The second kappa shape index (κ2) is 8.30. The van der Waals surface area contributed by atoms with Crippen molar-refractivity contribution in [3.8, 4) is 5.75 Å². The fourth-order valence-electron chi connectivity index (χ4n) is 4.04. The zero-order chi connectivity index (χ0) is 19.4. The Morgan fingerprint density at radius 3 is 2.67 bits per heavy atom. The van der Waals surface area contributed by atoms with Crippen LogP contribution in [-0.4, -0.2) is 50.5 Å². The predicted molar refractivity (Wildman–Crippen MR) is 104 cm³/mol. The highest BCUT2D eigenvalue weighted by atomic mass is 16.5. The van der Waals surface area contributed by atoms with Crippen molar-refractivity contribution >= 4 is 11.8 Å². The molecule has 1 aliphatic carbocycles. The van der Waals surface area contributed by atoms with Crippen LogP contribution in [0.25, 0.3) is 0 Å². The van der Waals surface area contributed by atoms with Gasteiger partial charge < -0.3 is 20.3 Å². The van der Waals surface area contributed by atoms with Gasteiger partial charge in [0.05, 0.1) is 6.04 Å². The third-order valence-corrected chi connectivity index (χ3v) is 5.97. The van der Waals surface area contributed by atoms with Crippen molar-refractivity contribution in [3.05, 3.63) is 29.8 Å². The van der Waals surface area contributed by atoms with E-state index in [2.05, 4.69) is 17.6 Å². The summed E-state index contributed by atoms with van der Waals surface area (Å²) < 4.78 is 5.76. The first kappa shape index (κ1) is 19.7. The van der Waals surface area contributed by atoms with Crippen LogP contribution in [0.2, 0.25) is 0 Å². The van der Waals surface area contributed by atoms with E-state index in [4.69, 9.17) is 4.74 Å². The number of hydrogen-bond acceptors (Lipinski definition) is 4. The molecule has 6 nitrogen and oxygen atoms in total. The smallest absolute Gasteiger partial charge is 0.259 e. The summed E-state index contributed by atoms with van der Waals surface area (Å²) in [7, 11) is 3.41. The fourth-order valence-corrected chi connectivity index (χ4v) is 4.04. The number of benzene rings is 1. The van der Waals surface area contributed by atoms with Gasteiger partial charge in [-0.1, -0.05) is 25.1 Å². The molecule has 1 saturated heterocycles. The van der Waals surface area contributed by atoms with Gasteiger partial charge >= 0.3 is 0 Å². The molecular formula is C21H31N3O3. The Morgan fingerprint density at radius 1 is 1.30 bits per heavy atom. The highest BCUT2D eigenvalue weighted by Crippen LogP contribution is 2.58. The van der Waals surface area contributed by atoms with Gasteiger partial charge in [0.2, 0.25) is 5.91 Å². The molecule has 27 heavy (non-hydrogen) atoms. The molecular weight excluding hydrogens is 342 g/mol. The first-order valence-corrected chi connectivity index (χ1v) is 9.90. The predicted octanol–water partition coefficient (Wildman–Crippen LogP) is 2.11. The molecule has 0 bridgehead atoms. The molecule has 2 unspecified atom stereocenters. The summed E-state index contributed by atoms with van der Waals surface area (Å²) >= 11 is 0. The van der Waals surface area contributed by atoms with Crippen LogP contribution >= 0.6 is 0 Å². The minimum Gasteiger partial charge on any atom is -0.483 e. The minimum absolute atomic E-state index is 0.00682. The molecule has 1 spiro atoms. The molecule has 3 rings (SSSR count). The lowest BCUT2D eigenvalue weighted by molar-refractivity contribution is -0.130. The van der Waals surface area contributed by atoms with Gasteiger partial charge in [-0.25, -0.2) is 0 Å². The number of likely N-dealkylation sites (N-methyl/N-ethyl adjacent to an activating group) is 1. The van der Waals surface area contributed by atoms with Crippen LogP contribution < -0.4 is 15.4 Å². The first-order valence-electron chi connectivity index (χ1n) is 9.90. The number of ether oxygens (including phenoxy) is 1. The van der Waals surface area contributed by atoms with Crippen molar-refractivity contribution in [3.63, 3.8) is 0 Å². The molecule has 0 aromatic heterocycles. The maximum Gasteiger partial charge on any atom is 0.259 e. The Bertz CT molecular complexity index is 683. The van der Waals surface area contributed by atoms with Crippen LogP contribution in [0, 0.1) is 11.3 Å². The molecule has 1 aromatic rings. The molecule has 2 aliphatic rings. The van der Waals surface area contributed by atoms with E-state index in [1.165, 1.54) is 4.90 Å². The van der Waals surface area contributed by atoms with Gasteiger partial charge in [-0.05, 0) is 50.3 Å². The molecule has 1 heterocycles. The highest BCUT2D eigenvalue weighted by Gasteiger charge is 2.57. The largest absolute Gasteiger partial charge is 0.483 e. The summed E-state index contributed by atoms with van der Waals surface area (Å²) in [5.41, 5.74) is 1.15.